The van der Waals surface area contributed by atoms with Crippen molar-refractivity contribution in [2.75, 3.05) is 32.5 Å². The highest BCUT2D eigenvalue weighted by atomic mass is 35.5. The molecule has 0 saturated carbocycles. The minimum Gasteiger partial charge on any atom is -0.494 e. The van der Waals surface area contributed by atoms with Gasteiger partial charge in [0.2, 0.25) is 0 Å². The van der Waals surface area contributed by atoms with Gasteiger partial charge in [-0.3, -0.25) is 0 Å². The number of benzene rings is 2. The van der Waals surface area contributed by atoms with E-state index in [0.29, 0.717) is 18.3 Å². The SMILES string of the molecule is CCOc1ccc2cc(-c3nn(CC4CCN(C)CC4)c4ncnc(N)c34)ccc2c1.Cl. The van der Waals surface area contributed by atoms with Crippen LogP contribution in [0, 0.1) is 5.92 Å². The van der Waals surface area contributed by atoms with E-state index in [9.17, 15) is 0 Å². The van der Waals surface area contributed by atoms with E-state index in [-0.39, 0.29) is 12.4 Å². The summed E-state index contributed by atoms with van der Waals surface area (Å²) in [5.74, 6) is 1.95. The second kappa shape index (κ2) is 9.30. The molecule has 8 heteroatoms. The molecule has 4 aromatic rings. The van der Waals surface area contributed by atoms with E-state index in [0.717, 1.165) is 58.4 Å². The van der Waals surface area contributed by atoms with E-state index < -0.39 is 0 Å². The smallest absolute Gasteiger partial charge is 0.163 e. The van der Waals surface area contributed by atoms with Gasteiger partial charge in [-0.15, -0.1) is 12.4 Å². The fraction of sp³-hybridized carbons (Fsp3) is 0.375. The van der Waals surface area contributed by atoms with Crippen molar-refractivity contribution in [3.8, 4) is 17.0 Å². The van der Waals surface area contributed by atoms with Crippen LogP contribution in [0.25, 0.3) is 33.1 Å². The van der Waals surface area contributed by atoms with Crippen LogP contribution in [0.1, 0.15) is 19.8 Å². The number of likely N-dealkylation sites (tertiary alicyclic amines) is 1. The zero-order valence-electron chi connectivity index (χ0n) is 18.5. The van der Waals surface area contributed by atoms with Crippen molar-refractivity contribution in [2.45, 2.75) is 26.3 Å². The second-order valence-electron chi connectivity index (χ2n) is 8.39. The predicted octanol–water partition coefficient (Wildman–Crippen LogP) is 4.39. The number of anilines is 1. The maximum Gasteiger partial charge on any atom is 0.163 e. The average molecular weight is 453 g/mol. The first-order valence-corrected chi connectivity index (χ1v) is 10.9. The monoisotopic (exact) mass is 452 g/mol. The Hall–Kier alpha value is -2.90. The first-order chi connectivity index (χ1) is 15.1. The molecule has 1 saturated heterocycles. The molecule has 0 unspecified atom stereocenters. The van der Waals surface area contributed by atoms with Crippen LogP contribution in [0.5, 0.6) is 5.75 Å². The largest absolute Gasteiger partial charge is 0.494 e. The van der Waals surface area contributed by atoms with Gasteiger partial charge in [0.1, 0.15) is 23.6 Å². The van der Waals surface area contributed by atoms with Gasteiger partial charge in [0, 0.05) is 12.1 Å². The number of ether oxygens (including phenoxy) is 1. The van der Waals surface area contributed by atoms with Crippen LogP contribution in [-0.4, -0.2) is 51.4 Å². The van der Waals surface area contributed by atoms with Crippen LogP contribution >= 0.6 is 12.4 Å². The van der Waals surface area contributed by atoms with Crippen molar-refractivity contribution in [1.29, 1.82) is 0 Å². The topological polar surface area (TPSA) is 82.1 Å². The van der Waals surface area contributed by atoms with Crippen molar-refractivity contribution in [2.24, 2.45) is 5.92 Å². The maximum absolute atomic E-state index is 6.30. The first-order valence-electron chi connectivity index (χ1n) is 10.9. The summed E-state index contributed by atoms with van der Waals surface area (Å²) >= 11 is 0. The third-order valence-corrected chi connectivity index (χ3v) is 6.22. The van der Waals surface area contributed by atoms with Crippen LogP contribution in [0.2, 0.25) is 0 Å². The highest BCUT2D eigenvalue weighted by molar-refractivity contribution is 6.00. The molecule has 0 atom stereocenters. The van der Waals surface area contributed by atoms with Crippen LogP contribution in [-0.2, 0) is 6.54 Å². The number of halogens is 1. The second-order valence-corrected chi connectivity index (χ2v) is 8.39. The third kappa shape index (κ3) is 4.23. The standard InChI is InChI=1S/C24H28N6O.ClH/c1-3-31-20-7-6-17-12-19(5-4-18(17)13-20)22-21-23(25)26-15-27-24(21)30(28-22)14-16-8-10-29(2)11-9-16;/h4-7,12-13,15-16H,3,8-11,14H2,1-2H3,(H2,25,26,27);1H. The maximum atomic E-state index is 6.30. The zero-order chi connectivity index (χ0) is 21.4. The normalized spacial score (nSPS) is 15.2. The molecule has 0 spiro atoms. The van der Waals surface area contributed by atoms with E-state index in [1.54, 1.807) is 0 Å². The lowest BCUT2D eigenvalue weighted by atomic mass is 9.97. The number of fused-ring (bicyclic) bond motifs is 2. The highest BCUT2D eigenvalue weighted by Gasteiger charge is 2.22. The quantitative estimate of drug-likeness (QED) is 0.483. The minimum atomic E-state index is 0. The molecule has 5 rings (SSSR count). The number of nitrogens with zero attached hydrogens (tertiary/aromatic N) is 5. The third-order valence-electron chi connectivity index (χ3n) is 6.22. The Balaban J connectivity index is 0.00000245. The van der Waals surface area contributed by atoms with Gasteiger partial charge in [0.05, 0.1) is 12.0 Å². The van der Waals surface area contributed by atoms with E-state index in [1.165, 1.54) is 19.2 Å². The van der Waals surface area contributed by atoms with E-state index in [1.807, 2.05) is 17.7 Å². The van der Waals surface area contributed by atoms with Gasteiger partial charge >= 0.3 is 0 Å². The molecule has 32 heavy (non-hydrogen) atoms. The van der Waals surface area contributed by atoms with Crippen molar-refractivity contribution in [1.82, 2.24) is 24.6 Å². The Morgan fingerprint density at radius 2 is 1.81 bits per heavy atom. The first kappa shape index (κ1) is 22.3. The minimum absolute atomic E-state index is 0. The molecule has 2 N–H and O–H groups in total. The van der Waals surface area contributed by atoms with E-state index in [4.69, 9.17) is 15.6 Å². The molecule has 0 bridgehead atoms. The molecule has 1 aliphatic rings. The number of rotatable bonds is 5. The van der Waals surface area contributed by atoms with Gasteiger partial charge < -0.3 is 15.4 Å². The summed E-state index contributed by atoms with van der Waals surface area (Å²) in [7, 11) is 2.18. The van der Waals surface area contributed by atoms with Crippen molar-refractivity contribution in [3.05, 3.63) is 42.7 Å². The number of piperidine rings is 1. The summed E-state index contributed by atoms with van der Waals surface area (Å²) in [6.45, 7) is 5.76. The van der Waals surface area contributed by atoms with Crippen LogP contribution in [0.4, 0.5) is 5.82 Å². The molecule has 2 aromatic heterocycles. The molecule has 3 heterocycles. The molecule has 7 nitrogen and oxygen atoms in total. The van der Waals surface area contributed by atoms with Crippen molar-refractivity contribution < 1.29 is 4.74 Å². The lowest BCUT2D eigenvalue weighted by Gasteiger charge is -2.28. The fourth-order valence-corrected chi connectivity index (χ4v) is 4.48. The Morgan fingerprint density at radius 3 is 2.59 bits per heavy atom. The summed E-state index contributed by atoms with van der Waals surface area (Å²) in [5, 5.41) is 8.08. The molecule has 0 radical (unpaired) electrons. The average Bonchev–Trinajstić information content (AvgIpc) is 3.15. The number of nitrogens with two attached hydrogens (primary N) is 1. The number of hydrogen-bond acceptors (Lipinski definition) is 6. The molecular weight excluding hydrogens is 424 g/mol. The molecule has 1 fully saturated rings. The van der Waals surface area contributed by atoms with Gasteiger partial charge in [0.15, 0.2) is 5.65 Å². The Kier molecular flexibility index (Phi) is 6.48. The van der Waals surface area contributed by atoms with Crippen LogP contribution in [0.15, 0.2) is 42.7 Å². The van der Waals surface area contributed by atoms with E-state index >= 15 is 0 Å². The summed E-state index contributed by atoms with van der Waals surface area (Å²) in [4.78, 5) is 11.2. The number of aromatic nitrogens is 4. The Bertz CT molecular complexity index is 1230. The summed E-state index contributed by atoms with van der Waals surface area (Å²) in [6.07, 6.45) is 3.88. The number of nitrogen functional groups attached to an aromatic ring is 1. The molecule has 0 aliphatic carbocycles. The molecule has 2 aromatic carbocycles. The lowest BCUT2D eigenvalue weighted by molar-refractivity contribution is 0.202. The molecular formula is C24H29ClN6O. The number of hydrogen-bond donors (Lipinski definition) is 1. The lowest BCUT2D eigenvalue weighted by Crippen LogP contribution is -2.32. The Morgan fingerprint density at radius 1 is 1.06 bits per heavy atom. The highest BCUT2D eigenvalue weighted by Crippen LogP contribution is 2.33. The van der Waals surface area contributed by atoms with Crippen LogP contribution in [0.3, 0.4) is 0 Å². The summed E-state index contributed by atoms with van der Waals surface area (Å²) in [6, 6.07) is 12.5. The Labute approximate surface area is 194 Å². The van der Waals surface area contributed by atoms with Crippen LogP contribution < -0.4 is 10.5 Å². The van der Waals surface area contributed by atoms with Gasteiger partial charge in [-0.25, -0.2) is 14.6 Å². The summed E-state index contributed by atoms with van der Waals surface area (Å²) in [5.41, 5.74) is 8.97. The fourth-order valence-electron chi connectivity index (χ4n) is 4.48. The molecule has 0 amide bonds. The molecule has 168 valence electrons. The predicted molar refractivity (Wildman–Crippen MR) is 131 cm³/mol. The van der Waals surface area contributed by atoms with Gasteiger partial charge in [-0.05, 0) is 74.8 Å². The zero-order valence-corrected chi connectivity index (χ0v) is 19.3. The van der Waals surface area contributed by atoms with Gasteiger partial charge in [-0.2, -0.15) is 5.10 Å². The van der Waals surface area contributed by atoms with Crippen molar-refractivity contribution in [3.63, 3.8) is 0 Å². The summed E-state index contributed by atoms with van der Waals surface area (Å²) < 4.78 is 7.66. The van der Waals surface area contributed by atoms with Gasteiger partial charge in [0.25, 0.3) is 0 Å². The molecule has 1 aliphatic heterocycles. The van der Waals surface area contributed by atoms with Crippen molar-refractivity contribution >= 4 is 40.0 Å². The van der Waals surface area contributed by atoms with E-state index in [2.05, 4.69) is 52.2 Å². The van der Waals surface area contributed by atoms with Gasteiger partial charge in [-0.1, -0.05) is 18.2 Å².